The second-order valence-corrected chi connectivity index (χ2v) is 7.80. The Bertz CT molecular complexity index is 1390. The van der Waals surface area contributed by atoms with Crippen molar-refractivity contribution in [2.75, 3.05) is 10.2 Å². The van der Waals surface area contributed by atoms with Crippen molar-refractivity contribution in [2.24, 2.45) is 4.99 Å². The van der Waals surface area contributed by atoms with E-state index in [1.165, 1.54) is 12.1 Å². The summed E-state index contributed by atoms with van der Waals surface area (Å²) in [6, 6.07) is 23.3. The molecule has 32 heavy (non-hydrogen) atoms. The van der Waals surface area contributed by atoms with Crippen LogP contribution < -0.4 is 10.2 Å². The van der Waals surface area contributed by atoms with Crippen LogP contribution in [0.25, 0.3) is 5.69 Å². The molecule has 1 amide bonds. The third-order valence-corrected chi connectivity index (χ3v) is 5.85. The molecule has 156 valence electrons. The minimum Gasteiger partial charge on any atom is -0.317 e. The molecular formula is C25H18FN5O. The van der Waals surface area contributed by atoms with Crippen molar-refractivity contribution in [3.63, 3.8) is 0 Å². The van der Waals surface area contributed by atoms with Crippen molar-refractivity contribution in [2.45, 2.75) is 13.0 Å². The van der Waals surface area contributed by atoms with Crippen LogP contribution in [-0.2, 0) is 4.79 Å². The van der Waals surface area contributed by atoms with Gasteiger partial charge in [0.25, 0.3) is 5.91 Å². The van der Waals surface area contributed by atoms with Crippen LogP contribution in [0, 0.1) is 12.7 Å². The molecule has 4 aromatic rings. The first-order valence-electron chi connectivity index (χ1n) is 10.3. The van der Waals surface area contributed by atoms with Crippen LogP contribution in [0.15, 0.2) is 83.9 Å². The van der Waals surface area contributed by atoms with Gasteiger partial charge in [-0.05, 0) is 48.9 Å². The van der Waals surface area contributed by atoms with Crippen LogP contribution in [-0.4, -0.2) is 21.5 Å². The molecule has 1 aromatic heterocycles. The molecule has 0 aliphatic carbocycles. The molecule has 0 unspecified atom stereocenters. The number of aromatic nitrogens is 2. The number of aryl methyl sites for hydroxylation is 1. The highest BCUT2D eigenvalue weighted by Crippen LogP contribution is 2.47. The first-order valence-corrected chi connectivity index (χ1v) is 10.3. The van der Waals surface area contributed by atoms with Gasteiger partial charge in [0.05, 0.1) is 28.8 Å². The smallest absolute Gasteiger partial charge is 0.291 e. The maximum absolute atomic E-state index is 13.8. The van der Waals surface area contributed by atoms with E-state index in [1.54, 1.807) is 16.8 Å². The fraction of sp³-hybridized carbons (Fsp3) is 0.0800. The summed E-state index contributed by atoms with van der Waals surface area (Å²) in [5, 5.41) is 7.71. The van der Waals surface area contributed by atoms with E-state index in [9.17, 15) is 9.18 Å². The molecule has 2 aliphatic heterocycles. The number of para-hydroxylation sites is 3. The lowest BCUT2D eigenvalue weighted by atomic mass is 9.93. The third kappa shape index (κ3) is 2.68. The van der Waals surface area contributed by atoms with Crippen LogP contribution in [0.2, 0.25) is 0 Å². The largest absolute Gasteiger partial charge is 0.317 e. The summed E-state index contributed by atoms with van der Waals surface area (Å²) in [5.41, 5.74) is 4.92. The minimum atomic E-state index is -0.386. The number of anilines is 2. The van der Waals surface area contributed by atoms with Crippen LogP contribution in [0.4, 0.5) is 21.6 Å². The van der Waals surface area contributed by atoms with Gasteiger partial charge in [0.2, 0.25) is 5.84 Å². The molecule has 7 heteroatoms. The van der Waals surface area contributed by atoms with Crippen LogP contribution in [0.1, 0.15) is 22.9 Å². The Labute approximate surface area is 183 Å². The van der Waals surface area contributed by atoms with Gasteiger partial charge in [0.1, 0.15) is 5.82 Å². The number of nitrogens with zero attached hydrogens (tertiary/aromatic N) is 4. The number of benzene rings is 3. The molecule has 6 rings (SSSR count). The zero-order valence-electron chi connectivity index (χ0n) is 17.2. The van der Waals surface area contributed by atoms with Crippen molar-refractivity contribution in [3.8, 4) is 5.69 Å². The summed E-state index contributed by atoms with van der Waals surface area (Å²) >= 11 is 0. The number of amides is 1. The summed E-state index contributed by atoms with van der Waals surface area (Å²) in [6.07, 6.45) is 0. The van der Waals surface area contributed by atoms with E-state index >= 15 is 0 Å². The van der Waals surface area contributed by atoms with Gasteiger partial charge in [-0.15, -0.1) is 0 Å². The molecule has 0 radical (unpaired) electrons. The summed E-state index contributed by atoms with van der Waals surface area (Å²) < 4.78 is 15.5. The van der Waals surface area contributed by atoms with Gasteiger partial charge in [0.15, 0.2) is 5.82 Å². The van der Waals surface area contributed by atoms with Gasteiger partial charge in [-0.1, -0.05) is 42.5 Å². The summed E-state index contributed by atoms with van der Waals surface area (Å²) in [6.45, 7) is 1.94. The molecule has 0 bridgehead atoms. The van der Waals surface area contributed by atoms with E-state index in [0.29, 0.717) is 11.5 Å². The van der Waals surface area contributed by atoms with E-state index < -0.39 is 0 Å². The van der Waals surface area contributed by atoms with Gasteiger partial charge in [-0.3, -0.25) is 4.79 Å². The maximum atomic E-state index is 13.8. The van der Waals surface area contributed by atoms with Crippen LogP contribution in [0.5, 0.6) is 0 Å². The Kier molecular flexibility index (Phi) is 3.98. The second-order valence-electron chi connectivity index (χ2n) is 7.80. The van der Waals surface area contributed by atoms with Crippen molar-refractivity contribution >= 4 is 28.9 Å². The fourth-order valence-electron chi connectivity index (χ4n) is 4.45. The molecule has 1 atom stereocenters. The zero-order chi connectivity index (χ0) is 21.8. The predicted octanol–water partition coefficient (Wildman–Crippen LogP) is 4.91. The van der Waals surface area contributed by atoms with Gasteiger partial charge in [-0.25, -0.2) is 14.1 Å². The van der Waals surface area contributed by atoms with Crippen molar-refractivity contribution in [1.82, 2.24) is 9.78 Å². The highest BCUT2D eigenvalue weighted by atomic mass is 19.1. The Morgan fingerprint density at radius 1 is 0.938 bits per heavy atom. The third-order valence-electron chi connectivity index (χ3n) is 5.85. The molecular weight excluding hydrogens is 405 g/mol. The number of nitrogens with one attached hydrogen (secondary N) is 1. The first kappa shape index (κ1) is 18.5. The van der Waals surface area contributed by atoms with Gasteiger partial charge < -0.3 is 10.2 Å². The first-order chi connectivity index (χ1) is 15.6. The Morgan fingerprint density at radius 2 is 1.66 bits per heavy atom. The lowest BCUT2D eigenvalue weighted by molar-refractivity contribution is -0.110. The van der Waals surface area contributed by atoms with Crippen LogP contribution in [0.3, 0.4) is 0 Å². The molecule has 3 heterocycles. The number of aliphatic imine (C=N–C) groups is 1. The maximum Gasteiger partial charge on any atom is 0.291 e. The second kappa shape index (κ2) is 6.88. The fourth-order valence-corrected chi connectivity index (χ4v) is 4.45. The molecule has 6 nitrogen and oxygen atoms in total. The number of hydrogen-bond donors (Lipinski definition) is 1. The number of rotatable bonds is 2. The lowest BCUT2D eigenvalue weighted by Crippen LogP contribution is -2.48. The summed E-state index contributed by atoms with van der Waals surface area (Å²) in [4.78, 5) is 19.8. The van der Waals surface area contributed by atoms with Gasteiger partial charge in [-0.2, -0.15) is 5.10 Å². The average Bonchev–Trinajstić information content (AvgIpc) is 3.15. The highest BCUT2D eigenvalue weighted by molar-refractivity contribution is 6.50. The van der Waals surface area contributed by atoms with Crippen LogP contribution >= 0.6 is 0 Å². The molecule has 3 aromatic carbocycles. The van der Waals surface area contributed by atoms with E-state index in [4.69, 9.17) is 10.1 Å². The number of hydrogen-bond acceptors (Lipinski definition) is 4. The number of carbonyl (C=O) groups is 1. The molecule has 0 saturated heterocycles. The Balaban J connectivity index is 1.66. The van der Waals surface area contributed by atoms with Gasteiger partial charge in [0, 0.05) is 5.56 Å². The van der Waals surface area contributed by atoms with E-state index in [0.717, 1.165) is 28.2 Å². The molecule has 2 aliphatic rings. The van der Waals surface area contributed by atoms with Crippen molar-refractivity contribution in [3.05, 3.63) is 102 Å². The Morgan fingerprint density at radius 3 is 2.44 bits per heavy atom. The Hall–Kier alpha value is -4.26. The zero-order valence-corrected chi connectivity index (χ0v) is 17.2. The summed E-state index contributed by atoms with van der Waals surface area (Å²) in [5.74, 6) is 0.276. The molecule has 1 N–H and O–H groups in total. The summed E-state index contributed by atoms with van der Waals surface area (Å²) in [7, 11) is 0. The molecule has 0 saturated carbocycles. The topological polar surface area (TPSA) is 62.5 Å². The number of halogens is 1. The van der Waals surface area contributed by atoms with Crippen molar-refractivity contribution in [1.29, 1.82) is 0 Å². The normalized spacial score (nSPS) is 16.6. The van der Waals surface area contributed by atoms with Crippen molar-refractivity contribution < 1.29 is 9.18 Å². The number of amidine groups is 1. The molecule has 0 fully saturated rings. The number of fused-ring (bicyclic) bond motifs is 4. The lowest BCUT2D eigenvalue weighted by Gasteiger charge is -2.40. The van der Waals surface area contributed by atoms with Gasteiger partial charge >= 0.3 is 0 Å². The highest BCUT2D eigenvalue weighted by Gasteiger charge is 2.42. The quantitative estimate of drug-likeness (QED) is 0.498. The van der Waals surface area contributed by atoms with E-state index in [2.05, 4.69) is 5.32 Å². The van der Waals surface area contributed by atoms with E-state index in [-0.39, 0.29) is 23.6 Å². The monoisotopic (exact) mass is 423 g/mol. The average molecular weight is 423 g/mol. The predicted molar refractivity (Wildman–Crippen MR) is 121 cm³/mol. The SMILES string of the molecule is Cc1nn(-c2ccccc2)c2c1[C@@H](c1ccc(F)cc1)N1C(=N2)C(=O)Nc2ccccc21. The van der Waals surface area contributed by atoms with E-state index in [1.807, 2.05) is 66.4 Å². The number of carbonyl (C=O) groups excluding carboxylic acids is 1. The standard InChI is InChI=1S/C25H18FN5O/c1-15-21-22(16-11-13-17(26)14-12-16)30-20-10-6-5-9-19(20)27-25(32)24(30)28-23(21)31(29-15)18-7-3-2-4-8-18/h2-14,22H,1H3,(H,27,32)/t22-/m1/s1. The molecule has 0 spiro atoms. The minimum absolute atomic E-state index is 0.280.